The molecule has 0 saturated carbocycles. The number of rotatable bonds is 7. The van der Waals surface area contributed by atoms with Crippen LogP contribution in [0, 0.1) is 13.8 Å². The van der Waals surface area contributed by atoms with Crippen LogP contribution >= 0.6 is 0 Å². The Morgan fingerprint density at radius 1 is 1.03 bits per heavy atom. The van der Waals surface area contributed by atoms with Gasteiger partial charge in [-0.1, -0.05) is 24.3 Å². The minimum Gasteiger partial charge on any atom is -0.483 e. The Labute approximate surface area is 190 Å². The molecule has 4 rings (SSSR count). The van der Waals surface area contributed by atoms with E-state index in [9.17, 15) is 9.59 Å². The summed E-state index contributed by atoms with van der Waals surface area (Å²) < 4.78 is 21.5. The van der Waals surface area contributed by atoms with Crippen LogP contribution in [-0.2, 0) is 4.79 Å². The van der Waals surface area contributed by atoms with Crippen LogP contribution in [0.2, 0.25) is 0 Å². The molecule has 168 valence electrons. The topological polar surface area (TPSA) is 95.5 Å². The smallest absolute Gasteiger partial charge is 0.343 e. The number of hydrogen-bond donors (Lipinski definition) is 1. The van der Waals surface area contributed by atoms with Crippen molar-refractivity contribution in [2.24, 2.45) is 5.10 Å². The maximum absolute atomic E-state index is 12.4. The highest BCUT2D eigenvalue weighted by molar-refractivity contribution is 5.92. The Kier molecular flexibility index (Phi) is 6.54. The summed E-state index contributed by atoms with van der Waals surface area (Å²) in [5, 5.41) is 3.94. The highest BCUT2D eigenvalue weighted by atomic mass is 16.7. The molecule has 0 aromatic heterocycles. The van der Waals surface area contributed by atoms with Gasteiger partial charge in [0.2, 0.25) is 6.79 Å². The fourth-order valence-corrected chi connectivity index (χ4v) is 3.08. The Balaban J connectivity index is 1.30. The molecule has 0 aliphatic carbocycles. The molecule has 0 radical (unpaired) electrons. The summed E-state index contributed by atoms with van der Waals surface area (Å²) in [7, 11) is 0. The molecular weight excluding hydrogens is 424 g/mol. The van der Waals surface area contributed by atoms with Gasteiger partial charge in [-0.15, -0.1) is 0 Å². The van der Waals surface area contributed by atoms with Crippen LogP contribution < -0.4 is 24.4 Å². The van der Waals surface area contributed by atoms with E-state index in [1.807, 2.05) is 32.0 Å². The van der Waals surface area contributed by atoms with Crippen molar-refractivity contribution in [2.45, 2.75) is 13.8 Å². The molecule has 8 heteroatoms. The minimum absolute atomic E-state index is 0.128. The first kappa shape index (κ1) is 21.9. The van der Waals surface area contributed by atoms with Crippen LogP contribution in [0.3, 0.4) is 0 Å². The molecule has 33 heavy (non-hydrogen) atoms. The minimum atomic E-state index is -0.528. The van der Waals surface area contributed by atoms with Crippen LogP contribution in [-0.4, -0.2) is 31.5 Å². The number of aryl methyl sites for hydroxylation is 1. The fraction of sp³-hybridized carbons (Fsp3) is 0.160. The molecule has 0 atom stereocenters. The molecule has 3 aromatic carbocycles. The molecule has 0 unspecified atom stereocenters. The lowest BCUT2D eigenvalue weighted by molar-refractivity contribution is -0.123. The lowest BCUT2D eigenvalue weighted by Gasteiger charge is -2.09. The predicted molar refractivity (Wildman–Crippen MR) is 121 cm³/mol. The van der Waals surface area contributed by atoms with E-state index in [0.29, 0.717) is 34.1 Å². The number of nitrogens with one attached hydrogen (secondary N) is 1. The quantitative estimate of drug-likeness (QED) is 0.257. The second-order valence-electron chi connectivity index (χ2n) is 7.31. The van der Waals surface area contributed by atoms with Gasteiger partial charge >= 0.3 is 5.97 Å². The number of benzene rings is 3. The maximum atomic E-state index is 12.4. The fourth-order valence-electron chi connectivity index (χ4n) is 3.08. The summed E-state index contributed by atoms with van der Waals surface area (Å²) in [4.78, 5) is 24.5. The number of hydrogen-bond acceptors (Lipinski definition) is 7. The first-order valence-corrected chi connectivity index (χ1v) is 10.2. The monoisotopic (exact) mass is 446 g/mol. The van der Waals surface area contributed by atoms with E-state index < -0.39 is 11.9 Å². The third-order valence-corrected chi connectivity index (χ3v) is 4.99. The molecule has 1 heterocycles. The first-order valence-electron chi connectivity index (χ1n) is 10.2. The van der Waals surface area contributed by atoms with Crippen molar-refractivity contribution in [3.05, 3.63) is 82.9 Å². The van der Waals surface area contributed by atoms with Gasteiger partial charge in [-0.05, 0) is 66.9 Å². The summed E-state index contributed by atoms with van der Waals surface area (Å²) in [6, 6.07) is 17.3. The normalized spacial score (nSPS) is 11.9. The van der Waals surface area contributed by atoms with E-state index in [0.717, 1.165) is 11.1 Å². The standard InChI is InChI=1S/C25H22N2O6/c1-16-5-3-8-21(17(16)2)30-14-24(28)27-26-13-18-6-4-7-20(11-18)33-25(29)19-9-10-22-23(12-19)32-15-31-22/h3-13H,14-15H2,1-2H3,(H,27,28). The van der Waals surface area contributed by atoms with Crippen molar-refractivity contribution >= 4 is 18.1 Å². The first-order chi connectivity index (χ1) is 16.0. The van der Waals surface area contributed by atoms with E-state index >= 15 is 0 Å². The number of nitrogens with zero attached hydrogens (tertiary/aromatic N) is 1. The van der Waals surface area contributed by atoms with Crippen LogP contribution in [0.1, 0.15) is 27.0 Å². The zero-order chi connectivity index (χ0) is 23.2. The van der Waals surface area contributed by atoms with Gasteiger partial charge in [-0.3, -0.25) is 4.79 Å². The predicted octanol–water partition coefficient (Wildman–Crippen LogP) is 3.78. The van der Waals surface area contributed by atoms with Gasteiger partial charge in [0.15, 0.2) is 18.1 Å². The molecule has 0 fully saturated rings. The number of esters is 1. The summed E-state index contributed by atoms with van der Waals surface area (Å²) in [5.74, 6) is 1.17. The molecule has 0 bridgehead atoms. The van der Waals surface area contributed by atoms with Crippen molar-refractivity contribution in [1.29, 1.82) is 0 Å². The van der Waals surface area contributed by atoms with E-state index in [1.165, 1.54) is 6.21 Å². The van der Waals surface area contributed by atoms with E-state index in [2.05, 4.69) is 10.5 Å². The second-order valence-corrected chi connectivity index (χ2v) is 7.31. The van der Waals surface area contributed by atoms with Gasteiger partial charge in [0.1, 0.15) is 11.5 Å². The van der Waals surface area contributed by atoms with Crippen molar-refractivity contribution in [3.8, 4) is 23.0 Å². The number of amides is 1. The molecule has 8 nitrogen and oxygen atoms in total. The van der Waals surface area contributed by atoms with Gasteiger partial charge in [-0.2, -0.15) is 5.10 Å². The lowest BCUT2D eigenvalue weighted by Crippen LogP contribution is -2.24. The number of hydrazone groups is 1. The van der Waals surface area contributed by atoms with Gasteiger partial charge in [0, 0.05) is 0 Å². The van der Waals surface area contributed by atoms with E-state index in [1.54, 1.807) is 42.5 Å². The highest BCUT2D eigenvalue weighted by Crippen LogP contribution is 2.32. The largest absolute Gasteiger partial charge is 0.483 e. The van der Waals surface area contributed by atoms with Crippen molar-refractivity contribution in [1.82, 2.24) is 5.43 Å². The van der Waals surface area contributed by atoms with Gasteiger partial charge in [0.05, 0.1) is 11.8 Å². The lowest BCUT2D eigenvalue weighted by atomic mass is 10.1. The Hall–Kier alpha value is -4.33. The zero-order valence-electron chi connectivity index (χ0n) is 18.2. The highest BCUT2D eigenvalue weighted by Gasteiger charge is 2.17. The Bertz CT molecular complexity index is 1220. The number of carbonyl (C=O) groups excluding carboxylic acids is 2. The molecule has 1 aliphatic heterocycles. The van der Waals surface area contributed by atoms with Crippen LogP contribution in [0.15, 0.2) is 65.8 Å². The number of ether oxygens (including phenoxy) is 4. The van der Waals surface area contributed by atoms with Crippen molar-refractivity contribution in [3.63, 3.8) is 0 Å². The summed E-state index contributed by atoms with van der Waals surface area (Å²) in [6.07, 6.45) is 1.45. The van der Waals surface area contributed by atoms with Gasteiger partial charge in [0.25, 0.3) is 5.91 Å². The SMILES string of the molecule is Cc1cccc(OCC(=O)NN=Cc2cccc(OC(=O)c3ccc4c(c3)OCO4)c2)c1C. The molecule has 3 aromatic rings. The average Bonchev–Trinajstić information content (AvgIpc) is 3.28. The molecule has 0 spiro atoms. The van der Waals surface area contributed by atoms with Crippen LogP contribution in [0.4, 0.5) is 0 Å². The molecule has 0 saturated heterocycles. The van der Waals surface area contributed by atoms with E-state index in [4.69, 9.17) is 18.9 Å². The molecular formula is C25H22N2O6. The molecule has 1 N–H and O–H groups in total. The van der Waals surface area contributed by atoms with E-state index in [-0.39, 0.29) is 13.4 Å². The van der Waals surface area contributed by atoms with Crippen LogP contribution in [0.25, 0.3) is 0 Å². The zero-order valence-corrected chi connectivity index (χ0v) is 18.2. The van der Waals surface area contributed by atoms with Crippen LogP contribution in [0.5, 0.6) is 23.0 Å². The van der Waals surface area contributed by atoms with Gasteiger partial charge in [-0.25, -0.2) is 10.2 Å². The number of carbonyl (C=O) groups is 2. The third kappa shape index (κ3) is 5.48. The van der Waals surface area contributed by atoms with Gasteiger partial charge < -0.3 is 18.9 Å². The maximum Gasteiger partial charge on any atom is 0.343 e. The number of fused-ring (bicyclic) bond motifs is 1. The average molecular weight is 446 g/mol. The van der Waals surface area contributed by atoms with Crippen molar-refractivity contribution < 1.29 is 28.5 Å². The summed E-state index contributed by atoms with van der Waals surface area (Å²) >= 11 is 0. The summed E-state index contributed by atoms with van der Waals surface area (Å²) in [6.45, 7) is 3.89. The summed E-state index contributed by atoms with van der Waals surface area (Å²) in [5.41, 5.74) is 5.47. The Morgan fingerprint density at radius 2 is 1.85 bits per heavy atom. The second kappa shape index (κ2) is 9.86. The molecule has 1 amide bonds. The Morgan fingerprint density at radius 3 is 2.73 bits per heavy atom. The third-order valence-electron chi connectivity index (χ3n) is 4.99. The molecule has 1 aliphatic rings. The van der Waals surface area contributed by atoms with Crippen molar-refractivity contribution in [2.75, 3.05) is 13.4 Å².